The molecule has 8 nitrogen and oxygen atoms in total. The van der Waals surface area contributed by atoms with Crippen molar-refractivity contribution in [3.8, 4) is 0 Å². The summed E-state index contributed by atoms with van der Waals surface area (Å²) in [6.07, 6.45) is 0. The van der Waals surface area contributed by atoms with Gasteiger partial charge in [-0.3, -0.25) is 18.2 Å². The first-order valence-electron chi connectivity index (χ1n) is 1.40. The van der Waals surface area contributed by atoms with Gasteiger partial charge in [-0.25, -0.2) is 0 Å². The average molecular weight is 292 g/mol. The van der Waals surface area contributed by atoms with E-state index in [1.54, 1.807) is 0 Å². The van der Waals surface area contributed by atoms with Gasteiger partial charge in [0.15, 0.2) is 17.4 Å². The largest absolute Gasteiger partial charge is 2.00 e. The zero-order valence-electron chi connectivity index (χ0n) is 8.95. The van der Waals surface area contributed by atoms with Gasteiger partial charge in [-0.1, -0.05) is 0 Å². The maximum Gasteiger partial charge on any atom is 2.00 e. The summed E-state index contributed by atoms with van der Waals surface area (Å²) in [5.41, 5.74) is 0. The Bertz CT molecular complexity index is 230. The summed E-state index contributed by atoms with van der Waals surface area (Å²) in [5, 5.41) is 0. The monoisotopic (exact) mass is 292 g/mol. The minimum absolute atomic E-state index is 0. The van der Waals surface area contributed by atoms with Crippen molar-refractivity contribution in [2.75, 3.05) is 0 Å². The molecule has 13 heavy (non-hydrogen) atoms. The smallest absolute Gasteiger partial charge is 1.00 e. The van der Waals surface area contributed by atoms with Gasteiger partial charge in [-0.05, 0) is 0 Å². The van der Waals surface area contributed by atoms with E-state index in [2.05, 4.69) is 0 Å². The van der Waals surface area contributed by atoms with Gasteiger partial charge in [0.05, 0.1) is 0 Å². The van der Waals surface area contributed by atoms with E-state index in [0.717, 1.165) is 0 Å². The minimum atomic E-state index is -4.67. The molecule has 0 aromatic carbocycles. The Morgan fingerprint density at radius 2 is 0.769 bits per heavy atom. The van der Waals surface area contributed by atoms with Crippen LogP contribution >= 0.6 is 0 Å². The molecular weight excluding hydrogens is 282 g/mol. The number of hydrogen-bond acceptors (Lipinski definition) is 4. The van der Waals surface area contributed by atoms with Gasteiger partial charge in [0.2, 0.25) is 0 Å². The SMILES string of the molecule is O=S(=O)(O)O.O=S(=O)(O)O.[AlH3].[Ca+2].[H-].[H-].[H-].[Na+]. The summed E-state index contributed by atoms with van der Waals surface area (Å²) < 4.78 is 63.2. The van der Waals surface area contributed by atoms with Crippen LogP contribution in [-0.4, -0.2) is 90.1 Å². The third kappa shape index (κ3) is 356. The molecule has 0 aliphatic rings. The molecule has 0 aromatic heterocycles. The molecule has 0 aliphatic heterocycles. The summed E-state index contributed by atoms with van der Waals surface area (Å²) >= 11 is 0. The average Bonchev–Trinajstić information content (AvgIpc) is 1.12. The van der Waals surface area contributed by atoms with Crippen molar-refractivity contribution < 1.29 is 68.9 Å². The topological polar surface area (TPSA) is 149 Å². The van der Waals surface area contributed by atoms with E-state index in [0.29, 0.717) is 0 Å². The zero-order valence-corrected chi connectivity index (χ0v) is 11.8. The van der Waals surface area contributed by atoms with Gasteiger partial charge in [0.1, 0.15) is 0 Å². The van der Waals surface area contributed by atoms with Gasteiger partial charge in [-0.15, -0.1) is 0 Å². The van der Waals surface area contributed by atoms with Crippen molar-refractivity contribution in [1.82, 2.24) is 0 Å². The molecule has 76 valence electrons. The Balaban J connectivity index is -0.00000000970. The molecule has 0 bridgehead atoms. The summed E-state index contributed by atoms with van der Waals surface area (Å²) in [6.45, 7) is 0. The third-order valence-corrected chi connectivity index (χ3v) is 0. The van der Waals surface area contributed by atoms with Crippen LogP contribution in [0.25, 0.3) is 0 Å². The van der Waals surface area contributed by atoms with E-state index in [1.807, 2.05) is 0 Å². The van der Waals surface area contributed by atoms with Crippen molar-refractivity contribution in [2.24, 2.45) is 0 Å². The summed E-state index contributed by atoms with van der Waals surface area (Å²) in [7, 11) is -9.33. The van der Waals surface area contributed by atoms with E-state index < -0.39 is 20.8 Å². The molecule has 0 amide bonds. The van der Waals surface area contributed by atoms with Crippen LogP contribution in [0.5, 0.6) is 0 Å². The Morgan fingerprint density at radius 3 is 0.769 bits per heavy atom. The fourth-order valence-corrected chi connectivity index (χ4v) is 0. The molecule has 0 fully saturated rings. The standard InChI is InChI=1S/Al.Ca.Na.2H2O4S.6H/c;;;2*1-5(2,3)4;;;;;;/h;;;2*(H2,1,2,3,4);;;;;;/q;+2;+1;;;;;;3*-1. The molecule has 0 rings (SSSR count). The molecule has 0 heterocycles. The van der Waals surface area contributed by atoms with Crippen LogP contribution in [0.15, 0.2) is 0 Å². The summed E-state index contributed by atoms with van der Waals surface area (Å²) in [5.74, 6) is 0. The molecular formula is H10AlCaNaO8S2. The van der Waals surface area contributed by atoms with E-state index in [4.69, 9.17) is 35.0 Å². The van der Waals surface area contributed by atoms with E-state index in [-0.39, 0.29) is 88.9 Å². The molecule has 4 N–H and O–H groups in total. The van der Waals surface area contributed by atoms with Crippen LogP contribution in [0.3, 0.4) is 0 Å². The van der Waals surface area contributed by atoms with Gasteiger partial charge < -0.3 is 4.28 Å². The second-order valence-corrected chi connectivity index (χ2v) is 2.69. The van der Waals surface area contributed by atoms with Crippen LogP contribution in [0.1, 0.15) is 4.28 Å². The predicted molar refractivity (Wildman–Crippen MR) is 47.4 cm³/mol. The second kappa shape index (κ2) is 12.6. The molecule has 0 radical (unpaired) electrons. The summed E-state index contributed by atoms with van der Waals surface area (Å²) in [6, 6.07) is 0. The predicted octanol–water partition coefficient (Wildman–Crippen LogP) is -5.53. The number of rotatable bonds is 0. The van der Waals surface area contributed by atoms with Crippen LogP contribution in [0.2, 0.25) is 0 Å². The van der Waals surface area contributed by atoms with Crippen LogP contribution in [0, 0.1) is 0 Å². The Labute approximate surface area is 143 Å². The van der Waals surface area contributed by atoms with E-state index >= 15 is 0 Å². The van der Waals surface area contributed by atoms with Gasteiger partial charge in [-0.2, -0.15) is 16.8 Å². The van der Waals surface area contributed by atoms with Crippen molar-refractivity contribution >= 4 is 75.9 Å². The molecule has 0 spiro atoms. The Morgan fingerprint density at radius 1 is 0.769 bits per heavy atom. The first kappa shape index (κ1) is 29.6. The number of hydrogen-bond donors (Lipinski definition) is 4. The van der Waals surface area contributed by atoms with Crippen LogP contribution in [-0.2, 0) is 20.8 Å². The van der Waals surface area contributed by atoms with Crippen LogP contribution < -0.4 is 29.6 Å². The fraction of sp³-hybridized carbons (Fsp3) is 0. The molecule has 0 saturated heterocycles. The Kier molecular flexibility index (Phi) is 28.7. The fourth-order valence-electron chi connectivity index (χ4n) is 0. The van der Waals surface area contributed by atoms with E-state index in [9.17, 15) is 0 Å². The van der Waals surface area contributed by atoms with Crippen molar-refractivity contribution in [3.05, 3.63) is 0 Å². The molecule has 0 unspecified atom stereocenters. The quantitative estimate of drug-likeness (QED) is 0.255. The second-order valence-electron chi connectivity index (χ2n) is 0.896. The van der Waals surface area contributed by atoms with Gasteiger partial charge >= 0.3 is 88.1 Å². The summed E-state index contributed by atoms with van der Waals surface area (Å²) in [4.78, 5) is 0. The molecule has 0 aliphatic carbocycles. The first-order chi connectivity index (χ1) is 4.00. The molecule has 0 aromatic rings. The third-order valence-electron chi connectivity index (χ3n) is 0. The minimum Gasteiger partial charge on any atom is -1.00 e. The van der Waals surface area contributed by atoms with Gasteiger partial charge in [0, 0.05) is 0 Å². The van der Waals surface area contributed by atoms with Gasteiger partial charge in [0.25, 0.3) is 0 Å². The maximum atomic E-state index is 8.74. The van der Waals surface area contributed by atoms with Crippen molar-refractivity contribution in [3.63, 3.8) is 0 Å². The molecule has 0 atom stereocenters. The van der Waals surface area contributed by atoms with E-state index in [1.165, 1.54) is 0 Å². The first-order valence-corrected chi connectivity index (χ1v) is 4.19. The molecule has 0 saturated carbocycles. The maximum absolute atomic E-state index is 8.74. The van der Waals surface area contributed by atoms with Crippen LogP contribution in [0.4, 0.5) is 0 Å². The molecule has 13 heteroatoms. The van der Waals surface area contributed by atoms with Crippen molar-refractivity contribution in [2.45, 2.75) is 0 Å². The Hall–Kier alpha value is 2.53. The zero-order chi connectivity index (χ0) is 9.00. The normalized spacial score (nSPS) is 8.92. The van der Waals surface area contributed by atoms with Crippen molar-refractivity contribution in [1.29, 1.82) is 0 Å².